The van der Waals surface area contributed by atoms with Crippen LogP contribution in [0.2, 0.25) is 0 Å². The maximum absolute atomic E-state index is 13.2. The monoisotopic (exact) mass is 462 g/mol. The number of carbonyl (C=O) groups is 2. The molecule has 3 N–H and O–H groups in total. The van der Waals surface area contributed by atoms with Gasteiger partial charge in [-0.25, -0.2) is 0 Å². The van der Waals surface area contributed by atoms with E-state index in [1.807, 2.05) is 31.3 Å². The third-order valence-corrected chi connectivity index (χ3v) is 7.16. The number of Topliss-reactive ketones (excluding diaryl/α,β-unsaturated/α-hetero) is 1. The predicted octanol–water partition coefficient (Wildman–Crippen LogP) is 4.05. The van der Waals surface area contributed by atoms with Crippen molar-refractivity contribution in [3.8, 4) is 5.75 Å². The number of fused-ring (bicyclic) bond motifs is 10. The molecule has 0 atom stereocenters. The number of nitrogens with two attached hydrogens (primary N) is 1. The van der Waals surface area contributed by atoms with E-state index >= 15 is 0 Å². The number of halogens is 1. The van der Waals surface area contributed by atoms with Gasteiger partial charge in [0, 0.05) is 58.8 Å². The van der Waals surface area contributed by atoms with Crippen LogP contribution in [-0.4, -0.2) is 34.5 Å². The topological polar surface area (TPSA) is 91.3 Å². The number of nitrogens with zero attached hydrogens (tertiary/aromatic N) is 2. The first-order valence-electron chi connectivity index (χ1n) is 11.0. The fourth-order valence-electron chi connectivity index (χ4n) is 5.59. The van der Waals surface area contributed by atoms with Crippen LogP contribution >= 0.6 is 11.6 Å². The summed E-state index contributed by atoms with van der Waals surface area (Å²) in [5.74, 6) is 0.591. The molecule has 0 spiro atoms. The molecular formula is C25H23ClN4O3. The van der Waals surface area contributed by atoms with E-state index in [2.05, 4.69) is 14.5 Å². The van der Waals surface area contributed by atoms with Crippen molar-refractivity contribution in [3.63, 3.8) is 0 Å². The second kappa shape index (κ2) is 7.10. The molecule has 0 radical (unpaired) electrons. The van der Waals surface area contributed by atoms with Crippen molar-refractivity contribution in [1.29, 1.82) is 0 Å². The Morgan fingerprint density at radius 2 is 2.03 bits per heavy atom. The highest BCUT2D eigenvalue weighted by atomic mass is 35.5. The lowest BCUT2D eigenvalue weighted by molar-refractivity contribution is 0.0963. The summed E-state index contributed by atoms with van der Waals surface area (Å²) in [5, 5.41) is 6.32. The predicted molar refractivity (Wildman–Crippen MR) is 130 cm³/mol. The zero-order chi connectivity index (χ0) is 23.0. The van der Waals surface area contributed by atoms with Gasteiger partial charge in [0.1, 0.15) is 5.75 Å². The molecule has 2 aromatic carbocycles. The summed E-state index contributed by atoms with van der Waals surface area (Å²) in [7, 11) is 3.67. The number of methoxy groups -OCH3 is 1. The summed E-state index contributed by atoms with van der Waals surface area (Å²) in [6.07, 6.45) is 2.73. The minimum Gasteiger partial charge on any atom is -0.497 e. The Kier molecular flexibility index (Phi) is 4.38. The maximum atomic E-state index is 13.2. The molecule has 0 unspecified atom stereocenters. The van der Waals surface area contributed by atoms with Crippen molar-refractivity contribution >= 4 is 62.1 Å². The summed E-state index contributed by atoms with van der Waals surface area (Å²) in [6.45, 7) is 1.52. The standard InChI is InChI=1S/C25H23ClN4O3/c1-29-17-5-4-13(33-2)10-14(17)19-16-11-28-25(32)21(16)20-15-8-12(26)9-18(31)22(15)30(7-3-6-27)24(20)23(19)29/h4-5,8,10H,3,6-7,9,11,27H2,1-2H3,(H,28,32). The Hall–Kier alpha value is -3.29. The van der Waals surface area contributed by atoms with E-state index in [-0.39, 0.29) is 18.1 Å². The Morgan fingerprint density at radius 3 is 2.79 bits per heavy atom. The zero-order valence-electron chi connectivity index (χ0n) is 18.4. The Bertz CT molecular complexity index is 1570. The van der Waals surface area contributed by atoms with Crippen molar-refractivity contribution < 1.29 is 14.3 Å². The highest BCUT2D eigenvalue weighted by Crippen LogP contribution is 2.46. The summed E-state index contributed by atoms with van der Waals surface area (Å²) in [6, 6.07) is 5.99. The van der Waals surface area contributed by atoms with Crippen LogP contribution in [0.25, 0.3) is 38.8 Å². The zero-order valence-corrected chi connectivity index (χ0v) is 19.2. The molecule has 1 aliphatic heterocycles. The molecule has 0 bridgehead atoms. The average Bonchev–Trinajstić information content (AvgIpc) is 3.42. The third kappa shape index (κ3) is 2.60. The summed E-state index contributed by atoms with van der Waals surface area (Å²) >= 11 is 6.38. The van der Waals surface area contributed by atoms with Crippen molar-refractivity contribution in [2.45, 2.75) is 25.9 Å². The van der Waals surface area contributed by atoms with E-state index in [0.717, 1.165) is 49.6 Å². The van der Waals surface area contributed by atoms with Gasteiger partial charge < -0.3 is 24.9 Å². The molecule has 0 fully saturated rings. The molecule has 0 saturated carbocycles. The van der Waals surface area contributed by atoms with Crippen LogP contribution in [0.15, 0.2) is 23.2 Å². The molecule has 1 aliphatic carbocycles. The maximum Gasteiger partial charge on any atom is 0.252 e. The molecule has 7 nitrogen and oxygen atoms in total. The van der Waals surface area contributed by atoms with Crippen LogP contribution in [0.1, 0.15) is 44.8 Å². The van der Waals surface area contributed by atoms with Gasteiger partial charge in [-0.15, -0.1) is 0 Å². The van der Waals surface area contributed by atoms with Gasteiger partial charge in [0.25, 0.3) is 5.91 Å². The molecule has 168 valence electrons. The fourth-order valence-corrected chi connectivity index (χ4v) is 5.82. The van der Waals surface area contributed by atoms with E-state index in [9.17, 15) is 9.59 Å². The van der Waals surface area contributed by atoms with E-state index in [0.29, 0.717) is 42.3 Å². The van der Waals surface area contributed by atoms with Gasteiger partial charge in [-0.2, -0.15) is 0 Å². The number of nitrogens with one attached hydrogen (secondary N) is 1. The number of allylic oxidation sites excluding steroid dienone is 1. The highest BCUT2D eigenvalue weighted by molar-refractivity contribution is 6.36. The summed E-state index contributed by atoms with van der Waals surface area (Å²) in [4.78, 5) is 26.4. The molecular weight excluding hydrogens is 440 g/mol. The van der Waals surface area contributed by atoms with Crippen molar-refractivity contribution in [2.24, 2.45) is 12.8 Å². The number of rotatable bonds is 4. The first kappa shape index (κ1) is 20.3. The van der Waals surface area contributed by atoms with Crippen molar-refractivity contribution in [1.82, 2.24) is 14.5 Å². The lowest BCUT2D eigenvalue weighted by Crippen LogP contribution is -2.15. The number of aryl methyl sites for hydroxylation is 2. The number of hydrogen-bond acceptors (Lipinski definition) is 4. The Labute approximate surface area is 194 Å². The van der Waals surface area contributed by atoms with Crippen LogP contribution in [0.4, 0.5) is 0 Å². The van der Waals surface area contributed by atoms with Gasteiger partial charge in [-0.1, -0.05) is 11.6 Å². The molecule has 8 heteroatoms. The quantitative estimate of drug-likeness (QED) is 0.478. The van der Waals surface area contributed by atoms with Crippen LogP contribution in [0, 0.1) is 0 Å². The number of benzene rings is 2. The molecule has 4 aromatic rings. The van der Waals surface area contributed by atoms with E-state index in [1.165, 1.54) is 0 Å². The number of amides is 1. The molecule has 3 heterocycles. The van der Waals surface area contributed by atoms with Crippen molar-refractivity contribution in [2.75, 3.05) is 13.7 Å². The number of ketones is 1. The van der Waals surface area contributed by atoms with E-state index < -0.39 is 0 Å². The first-order chi connectivity index (χ1) is 16.0. The number of ether oxygens (including phenoxy) is 1. The Morgan fingerprint density at radius 1 is 1.21 bits per heavy atom. The van der Waals surface area contributed by atoms with Crippen LogP contribution in [0.3, 0.4) is 0 Å². The second-order valence-electron chi connectivity index (χ2n) is 8.67. The normalized spacial score (nSPS) is 15.3. The molecule has 2 aromatic heterocycles. The Balaban J connectivity index is 1.91. The van der Waals surface area contributed by atoms with Gasteiger partial charge in [-0.05, 0) is 42.8 Å². The SMILES string of the molecule is COc1ccc2c(c1)c1c3c(c4c5c(n(CCCN)c4c1n2C)C(=O)CC(Cl)=C5)C(=O)NC3. The second-order valence-corrected chi connectivity index (χ2v) is 9.16. The minimum atomic E-state index is -0.127. The largest absolute Gasteiger partial charge is 0.497 e. The summed E-state index contributed by atoms with van der Waals surface area (Å²) < 4.78 is 9.71. The average molecular weight is 463 g/mol. The van der Waals surface area contributed by atoms with Crippen molar-refractivity contribution in [3.05, 3.63) is 45.6 Å². The highest BCUT2D eigenvalue weighted by Gasteiger charge is 2.35. The lowest BCUT2D eigenvalue weighted by Gasteiger charge is -2.14. The third-order valence-electron chi connectivity index (χ3n) is 6.92. The fraction of sp³-hybridized carbons (Fsp3) is 0.280. The summed E-state index contributed by atoms with van der Waals surface area (Å²) in [5.41, 5.74) is 11.7. The minimum absolute atomic E-state index is 0.0357. The number of hydrogen-bond donors (Lipinski definition) is 2. The van der Waals surface area contributed by atoms with Gasteiger partial charge in [0.2, 0.25) is 0 Å². The number of aromatic nitrogens is 2. The van der Waals surface area contributed by atoms with Crippen LogP contribution in [0.5, 0.6) is 5.75 Å². The van der Waals surface area contributed by atoms with Gasteiger partial charge in [-0.3, -0.25) is 9.59 Å². The van der Waals surface area contributed by atoms with Crippen LogP contribution in [-0.2, 0) is 20.1 Å². The first-order valence-corrected chi connectivity index (χ1v) is 11.4. The smallest absolute Gasteiger partial charge is 0.252 e. The molecule has 2 aliphatic rings. The lowest BCUT2D eigenvalue weighted by atomic mass is 9.94. The number of carbonyl (C=O) groups excluding carboxylic acids is 2. The molecule has 0 saturated heterocycles. The van der Waals surface area contributed by atoms with Gasteiger partial charge in [0.15, 0.2) is 5.78 Å². The van der Waals surface area contributed by atoms with Crippen LogP contribution < -0.4 is 15.8 Å². The molecule has 6 rings (SSSR count). The van der Waals surface area contributed by atoms with Gasteiger partial charge in [0.05, 0.1) is 29.4 Å². The van der Waals surface area contributed by atoms with E-state index in [1.54, 1.807) is 7.11 Å². The molecule has 1 amide bonds. The van der Waals surface area contributed by atoms with Gasteiger partial charge >= 0.3 is 0 Å². The van der Waals surface area contributed by atoms with E-state index in [4.69, 9.17) is 22.1 Å². The molecule has 33 heavy (non-hydrogen) atoms.